The Morgan fingerprint density at radius 1 is 1.23 bits per heavy atom. The molecule has 0 saturated carbocycles. The molecule has 1 aromatic carbocycles. The minimum absolute atomic E-state index is 0.0715. The summed E-state index contributed by atoms with van der Waals surface area (Å²) in [5, 5.41) is 3.00. The first-order chi connectivity index (χ1) is 12.7. The Bertz CT molecular complexity index is 908. The highest BCUT2D eigenvalue weighted by Crippen LogP contribution is 2.30. The van der Waals surface area contributed by atoms with Gasteiger partial charge in [-0.25, -0.2) is 14.8 Å². The molecule has 0 atom stereocenters. The van der Waals surface area contributed by atoms with Gasteiger partial charge in [0, 0.05) is 44.3 Å². The van der Waals surface area contributed by atoms with E-state index in [4.69, 9.17) is 0 Å². The van der Waals surface area contributed by atoms with Gasteiger partial charge in [0.1, 0.15) is 5.82 Å². The lowest BCUT2D eigenvalue weighted by atomic mass is 10.3. The zero-order valence-electron chi connectivity index (χ0n) is 14.3. The molecule has 2 amide bonds. The Balaban J connectivity index is 1.38. The summed E-state index contributed by atoms with van der Waals surface area (Å²) in [6, 6.07) is 5.77. The van der Waals surface area contributed by atoms with E-state index < -0.39 is 0 Å². The molecule has 0 unspecified atom stereocenters. The van der Waals surface area contributed by atoms with Crippen LogP contribution in [0, 0.1) is 0 Å². The molecule has 1 saturated heterocycles. The molecule has 7 nitrogen and oxygen atoms in total. The Kier molecular flexibility index (Phi) is 4.89. The largest absolute Gasteiger partial charge is 0.352 e. The quantitative estimate of drug-likeness (QED) is 0.697. The van der Waals surface area contributed by atoms with Crippen molar-refractivity contribution in [3.05, 3.63) is 36.8 Å². The Morgan fingerprint density at radius 3 is 2.81 bits per heavy atom. The van der Waals surface area contributed by atoms with Crippen LogP contribution in [0.4, 0.5) is 16.3 Å². The van der Waals surface area contributed by atoms with E-state index in [0.717, 1.165) is 39.2 Å². The second kappa shape index (κ2) is 7.46. The van der Waals surface area contributed by atoms with Crippen LogP contribution in [0.1, 0.15) is 0 Å². The van der Waals surface area contributed by atoms with Crippen molar-refractivity contribution >= 4 is 50.9 Å². The Morgan fingerprint density at radius 2 is 2.08 bits per heavy atom. The number of thiazole rings is 1. The van der Waals surface area contributed by atoms with E-state index in [1.165, 1.54) is 0 Å². The van der Waals surface area contributed by atoms with Crippen molar-refractivity contribution < 1.29 is 4.79 Å². The van der Waals surface area contributed by atoms with E-state index >= 15 is 0 Å². The number of anilines is 2. The first kappa shape index (κ1) is 17.0. The minimum atomic E-state index is -0.0715. The van der Waals surface area contributed by atoms with E-state index in [0.29, 0.717) is 13.1 Å². The molecule has 3 aromatic rings. The molecule has 9 heteroatoms. The highest BCUT2D eigenvalue weighted by molar-refractivity contribution is 8.00. The fourth-order valence-electron chi connectivity index (χ4n) is 2.86. The molecule has 4 rings (SSSR count). The first-order valence-electron chi connectivity index (χ1n) is 8.24. The van der Waals surface area contributed by atoms with Gasteiger partial charge in [0.2, 0.25) is 0 Å². The van der Waals surface area contributed by atoms with E-state index in [1.807, 2.05) is 29.4 Å². The van der Waals surface area contributed by atoms with Crippen molar-refractivity contribution in [3.8, 4) is 0 Å². The third-order valence-corrected chi connectivity index (χ3v) is 6.24. The fraction of sp³-hybridized carbons (Fsp3) is 0.294. The normalized spacial score (nSPS) is 14.7. The van der Waals surface area contributed by atoms with Crippen LogP contribution in [-0.4, -0.2) is 58.3 Å². The van der Waals surface area contributed by atoms with Gasteiger partial charge < -0.3 is 15.1 Å². The van der Waals surface area contributed by atoms with Crippen molar-refractivity contribution in [1.29, 1.82) is 0 Å². The lowest BCUT2D eigenvalue weighted by Gasteiger charge is -2.35. The summed E-state index contributed by atoms with van der Waals surface area (Å²) < 4.78 is 2.11. The number of benzene rings is 1. The van der Waals surface area contributed by atoms with Gasteiger partial charge in [0.15, 0.2) is 4.34 Å². The van der Waals surface area contributed by atoms with Gasteiger partial charge in [-0.15, -0.1) is 11.3 Å². The summed E-state index contributed by atoms with van der Waals surface area (Å²) >= 11 is 3.27. The summed E-state index contributed by atoms with van der Waals surface area (Å²) in [6.07, 6.45) is 7.12. The lowest BCUT2D eigenvalue weighted by Crippen LogP contribution is -2.50. The SMILES string of the molecule is CSc1nc2ccc(NC(=O)N3CCN(c4cnccn4)CC3)cc2s1. The molecule has 1 aliphatic rings. The monoisotopic (exact) mass is 386 g/mol. The zero-order chi connectivity index (χ0) is 17.9. The summed E-state index contributed by atoms with van der Waals surface area (Å²) in [7, 11) is 0. The Labute approximate surface area is 159 Å². The molecule has 0 aliphatic carbocycles. The average Bonchev–Trinajstić information content (AvgIpc) is 3.11. The number of amides is 2. The number of hydrogen-bond acceptors (Lipinski definition) is 7. The van der Waals surface area contributed by atoms with Gasteiger partial charge in [-0.1, -0.05) is 11.8 Å². The first-order valence-corrected chi connectivity index (χ1v) is 10.3. The van der Waals surface area contributed by atoms with Crippen LogP contribution < -0.4 is 10.2 Å². The fourth-order valence-corrected chi connectivity index (χ4v) is 4.39. The van der Waals surface area contributed by atoms with E-state index in [2.05, 4.69) is 25.2 Å². The molecule has 1 N–H and O–H groups in total. The molecule has 3 heterocycles. The topological polar surface area (TPSA) is 74.2 Å². The molecule has 1 fully saturated rings. The van der Waals surface area contributed by atoms with Crippen LogP contribution in [0.2, 0.25) is 0 Å². The van der Waals surface area contributed by atoms with E-state index in [-0.39, 0.29) is 6.03 Å². The second-order valence-electron chi connectivity index (χ2n) is 5.83. The van der Waals surface area contributed by atoms with Crippen molar-refractivity contribution in [1.82, 2.24) is 19.9 Å². The molecule has 2 aromatic heterocycles. The Hall–Kier alpha value is -2.39. The van der Waals surface area contributed by atoms with Crippen molar-refractivity contribution in [2.75, 3.05) is 42.7 Å². The summed E-state index contributed by atoms with van der Waals surface area (Å²) in [4.78, 5) is 29.5. The average molecular weight is 387 g/mol. The number of hydrogen-bond donors (Lipinski definition) is 1. The van der Waals surface area contributed by atoms with Crippen molar-refractivity contribution in [3.63, 3.8) is 0 Å². The lowest BCUT2D eigenvalue weighted by molar-refractivity contribution is 0.208. The molecule has 134 valence electrons. The number of urea groups is 1. The number of thioether (sulfide) groups is 1. The van der Waals surface area contributed by atoms with Crippen molar-refractivity contribution in [2.24, 2.45) is 0 Å². The van der Waals surface area contributed by atoms with Crippen LogP contribution in [0.15, 0.2) is 41.1 Å². The van der Waals surface area contributed by atoms with Gasteiger partial charge in [0.05, 0.1) is 16.4 Å². The molecule has 26 heavy (non-hydrogen) atoms. The highest BCUT2D eigenvalue weighted by atomic mass is 32.2. The van der Waals surface area contributed by atoms with Crippen LogP contribution in [0.3, 0.4) is 0 Å². The third kappa shape index (κ3) is 3.58. The minimum Gasteiger partial charge on any atom is -0.352 e. The maximum atomic E-state index is 12.6. The van der Waals surface area contributed by atoms with Crippen LogP contribution in [-0.2, 0) is 0 Å². The molecule has 0 spiro atoms. The molecular formula is C17H18N6OS2. The molecular weight excluding hydrogens is 368 g/mol. The third-order valence-electron chi connectivity index (χ3n) is 4.24. The summed E-state index contributed by atoms with van der Waals surface area (Å²) in [5.74, 6) is 0.854. The zero-order valence-corrected chi connectivity index (χ0v) is 15.9. The number of nitrogens with zero attached hydrogens (tertiary/aromatic N) is 5. The number of nitrogens with one attached hydrogen (secondary N) is 1. The number of rotatable bonds is 3. The van der Waals surface area contributed by atoms with E-state index in [9.17, 15) is 4.79 Å². The predicted molar refractivity (Wildman–Crippen MR) is 106 cm³/mol. The van der Waals surface area contributed by atoms with Crippen LogP contribution in [0.5, 0.6) is 0 Å². The number of aromatic nitrogens is 3. The van der Waals surface area contributed by atoms with Crippen LogP contribution >= 0.6 is 23.1 Å². The van der Waals surface area contributed by atoms with Gasteiger partial charge in [0.25, 0.3) is 0 Å². The second-order valence-corrected chi connectivity index (χ2v) is 7.92. The van der Waals surface area contributed by atoms with Gasteiger partial charge >= 0.3 is 6.03 Å². The van der Waals surface area contributed by atoms with E-state index in [1.54, 1.807) is 41.7 Å². The number of carbonyl (C=O) groups excluding carboxylic acids is 1. The molecule has 0 radical (unpaired) electrons. The summed E-state index contributed by atoms with van der Waals surface area (Å²) in [5.41, 5.74) is 1.77. The maximum absolute atomic E-state index is 12.6. The standard InChI is InChI=1S/C17H18N6OS2/c1-25-17-21-13-3-2-12(10-14(13)26-17)20-16(24)23-8-6-22(7-9-23)15-11-18-4-5-19-15/h2-5,10-11H,6-9H2,1H3,(H,20,24). The highest BCUT2D eigenvalue weighted by Gasteiger charge is 2.22. The van der Waals surface area contributed by atoms with Crippen LogP contribution in [0.25, 0.3) is 10.2 Å². The molecule has 0 bridgehead atoms. The predicted octanol–water partition coefficient (Wildman–Crippen LogP) is 3.16. The van der Waals surface area contributed by atoms with Crippen molar-refractivity contribution in [2.45, 2.75) is 4.34 Å². The maximum Gasteiger partial charge on any atom is 0.321 e. The van der Waals surface area contributed by atoms with Gasteiger partial charge in [-0.3, -0.25) is 4.98 Å². The number of carbonyl (C=O) groups is 1. The van der Waals surface area contributed by atoms with Gasteiger partial charge in [-0.2, -0.15) is 0 Å². The van der Waals surface area contributed by atoms with Gasteiger partial charge in [-0.05, 0) is 24.5 Å². The summed E-state index contributed by atoms with van der Waals surface area (Å²) in [6.45, 7) is 2.80. The number of piperazine rings is 1. The number of fused-ring (bicyclic) bond motifs is 1. The molecule has 1 aliphatic heterocycles. The smallest absolute Gasteiger partial charge is 0.321 e.